The normalized spacial score (nSPS) is 10.9. The molecule has 5 heteroatoms. The molecule has 3 aromatic rings. The van der Waals surface area contributed by atoms with Gasteiger partial charge in [0.05, 0.1) is 18.3 Å². The van der Waals surface area contributed by atoms with Crippen LogP contribution in [-0.2, 0) is 17.9 Å². The lowest BCUT2D eigenvalue weighted by molar-refractivity contribution is -0.121. The van der Waals surface area contributed by atoms with E-state index in [1.807, 2.05) is 47.3 Å². The quantitative estimate of drug-likeness (QED) is 0.776. The van der Waals surface area contributed by atoms with Crippen molar-refractivity contribution in [3.63, 3.8) is 0 Å². The maximum atomic E-state index is 12.0. The number of carbonyl (C=O) groups is 1. The van der Waals surface area contributed by atoms with E-state index in [0.29, 0.717) is 24.5 Å². The van der Waals surface area contributed by atoms with Gasteiger partial charge in [-0.1, -0.05) is 41.9 Å². The lowest BCUT2D eigenvalue weighted by atomic mass is 10.2. The van der Waals surface area contributed by atoms with Crippen LogP contribution >= 0.6 is 11.6 Å². The lowest BCUT2D eigenvalue weighted by Gasteiger charge is -2.07. The number of benzene rings is 2. The van der Waals surface area contributed by atoms with Crippen LogP contribution in [0.25, 0.3) is 10.9 Å². The molecule has 0 atom stereocenters. The van der Waals surface area contributed by atoms with Crippen LogP contribution in [0.1, 0.15) is 17.5 Å². The molecule has 0 radical (unpaired) electrons. The Balaban J connectivity index is 1.58. The molecule has 0 bridgehead atoms. The molecule has 1 N–H and O–H groups in total. The summed E-state index contributed by atoms with van der Waals surface area (Å²) < 4.78 is 1.89. The van der Waals surface area contributed by atoms with E-state index in [0.717, 1.165) is 16.5 Å². The van der Waals surface area contributed by atoms with Crippen molar-refractivity contribution < 1.29 is 4.79 Å². The number of rotatable bonds is 5. The van der Waals surface area contributed by atoms with Gasteiger partial charge in [-0.25, -0.2) is 0 Å². The first-order valence-electron chi connectivity index (χ1n) is 7.56. The molecule has 1 amide bonds. The van der Waals surface area contributed by atoms with E-state index < -0.39 is 0 Å². The van der Waals surface area contributed by atoms with E-state index in [-0.39, 0.29) is 5.91 Å². The molecule has 0 saturated carbocycles. The molecular formula is C18H18ClN3O. The van der Waals surface area contributed by atoms with Gasteiger partial charge in [0.25, 0.3) is 0 Å². The highest BCUT2D eigenvalue weighted by Crippen LogP contribution is 2.18. The van der Waals surface area contributed by atoms with Crippen LogP contribution in [-0.4, -0.2) is 15.7 Å². The Morgan fingerprint density at radius 3 is 2.91 bits per heavy atom. The van der Waals surface area contributed by atoms with Crippen molar-refractivity contribution >= 4 is 28.4 Å². The average molecular weight is 328 g/mol. The largest absolute Gasteiger partial charge is 0.352 e. The third-order valence-corrected chi connectivity index (χ3v) is 4.03. The predicted molar refractivity (Wildman–Crippen MR) is 92.4 cm³/mol. The summed E-state index contributed by atoms with van der Waals surface area (Å²) in [7, 11) is 0. The van der Waals surface area contributed by atoms with Gasteiger partial charge >= 0.3 is 0 Å². The molecule has 1 heterocycles. The van der Waals surface area contributed by atoms with E-state index in [9.17, 15) is 4.79 Å². The molecule has 0 unspecified atom stereocenters. The second-order valence-electron chi connectivity index (χ2n) is 5.54. The van der Waals surface area contributed by atoms with Crippen molar-refractivity contribution in [1.82, 2.24) is 15.1 Å². The van der Waals surface area contributed by atoms with Crippen LogP contribution < -0.4 is 5.32 Å². The number of aryl methyl sites for hydroxylation is 2. The monoisotopic (exact) mass is 327 g/mol. The van der Waals surface area contributed by atoms with Crippen LogP contribution in [0.15, 0.2) is 48.7 Å². The number of hydrogen-bond donors (Lipinski definition) is 1. The number of carbonyl (C=O) groups excluding carboxylic acids is 1. The minimum Gasteiger partial charge on any atom is -0.352 e. The third kappa shape index (κ3) is 3.71. The van der Waals surface area contributed by atoms with Crippen LogP contribution in [0.2, 0.25) is 5.02 Å². The predicted octanol–water partition coefficient (Wildman–Crippen LogP) is 3.70. The first-order valence-corrected chi connectivity index (χ1v) is 7.93. The number of nitrogens with zero attached hydrogens (tertiary/aromatic N) is 2. The van der Waals surface area contributed by atoms with Gasteiger partial charge in [0.15, 0.2) is 0 Å². The van der Waals surface area contributed by atoms with Crippen molar-refractivity contribution in [2.24, 2.45) is 0 Å². The van der Waals surface area contributed by atoms with Crippen molar-refractivity contribution in [3.8, 4) is 0 Å². The van der Waals surface area contributed by atoms with E-state index in [4.69, 9.17) is 11.6 Å². The summed E-state index contributed by atoms with van der Waals surface area (Å²) in [4.78, 5) is 12.0. The number of amides is 1. The summed E-state index contributed by atoms with van der Waals surface area (Å²) in [6.45, 7) is 3.10. The van der Waals surface area contributed by atoms with Gasteiger partial charge in [-0.2, -0.15) is 5.10 Å². The van der Waals surface area contributed by atoms with Gasteiger partial charge in [-0.15, -0.1) is 0 Å². The Morgan fingerprint density at radius 1 is 1.26 bits per heavy atom. The average Bonchev–Trinajstić information content (AvgIpc) is 2.96. The van der Waals surface area contributed by atoms with Crippen molar-refractivity contribution in [1.29, 1.82) is 0 Å². The lowest BCUT2D eigenvalue weighted by Crippen LogP contribution is -2.24. The molecule has 0 fully saturated rings. The molecule has 0 aliphatic carbocycles. The van der Waals surface area contributed by atoms with Crippen LogP contribution in [0.4, 0.5) is 0 Å². The Hall–Kier alpha value is -2.33. The SMILES string of the molecule is Cc1cccc2cnn(CCC(=O)NCc3cccc(Cl)c3)c12. The molecule has 0 saturated heterocycles. The summed E-state index contributed by atoms with van der Waals surface area (Å²) in [6.07, 6.45) is 2.23. The van der Waals surface area contributed by atoms with Crippen LogP contribution in [0, 0.1) is 6.92 Å². The highest BCUT2D eigenvalue weighted by atomic mass is 35.5. The Labute approximate surface area is 140 Å². The molecular weight excluding hydrogens is 310 g/mol. The summed E-state index contributed by atoms with van der Waals surface area (Å²) >= 11 is 5.93. The van der Waals surface area contributed by atoms with Crippen LogP contribution in [0.5, 0.6) is 0 Å². The minimum atomic E-state index is 0.00205. The molecule has 3 rings (SSSR count). The fraction of sp³-hybridized carbons (Fsp3) is 0.222. The van der Waals surface area contributed by atoms with Gasteiger partial charge < -0.3 is 5.32 Å². The number of para-hydroxylation sites is 1. The summed E-state index contributed by atoms with van der Waals surface area (Å²) in [5, 5.41) is 9.07. The Kier molecular flexibility index (Phi) is 4.63. The molecule has 0 spiro atoms. The molecule has 118 valence electrons. The van der Waals surface area contributed by atoms with Crippen LogP contribution in [0.3, 0.4) is 0 Å². The maximum Gasteiger partial charge on any atom is 0.222 e. The Morgan fingerprint density at radius 2 is 2.09 bits per heavy atom. The van der Waals surface area contributed by atoms with Crippen molar-refractivity contribution in [2.75, 3.05) is 0 Å². The third-order valence-electron chi connectivity index (χ3n) is 3.79. The zero-order valence-electron chi connectivity index (χ0n) is 12.9. The fourth-order valence-corrected chi connectivity index (χ4v) is 2.85. The first-order chi connectivity index (χ1) is 11.1. The first kappa shape index (κ1) is 15.6. The molecule has 0 aliphatic rings. The molecule has 1 aromatic heterocycles. The van der Waals surface area contributed by atoms with E-state index in [1.165, 1.54) is 5.56 Å². The zero-order chi connectivity index (χ0) is 16.2. The second-order valence-corrected chi connectivity index (χ2v) is 5.97. The fourth-order valence-electron chi connectivity index (χ4n) is 2.64. The summed E-state index contributed by atoms with van der Waals surface area (Å²) in [6, 6.07) is 13.6. The second kappa shape index (κ2) is 6.84. The van der Waals surface area contributed by atoms with Gasteiger partial charge in [0.2, 0.25) is 5.91 Å². The molecule has 2 aromatic carbocycles. The number of fused-ring (bicyclic) bond motifs is 1. The number of halogens is 1. The Bertz CT molecular complexity index is 841. The highest BCUT2D eigenvalue weighted by Gasteiger charge is 2.07. The van der Waals surface area contributed by atoms with Gasteiger partial charge in [-0.3, -0.25) is 9.48 Å². The number of aromatic nitrogens is 2. The van der Waals surface area contributed by atoms with Gasteiger partial charge in [0, 0.05) is 23.4 Å². The smallest absolute Gasteiger partial charge is 0.222 e. The van der Waals surface area contributed by atoms with E-state index >= 15 is 0 Å². The summed E-state index contributed by atoms with van der Waals surface area (Å²) in [5.41, 5.74) is 3.25. The molecule has 0 aliphatic heterocycles. The number of hydrogen-bond acceptors (Lipinski definition) is 2. The summed E-state index contributed by atoms with van der Waals surface area (Å²) in [5.74, 6) is 0.00205. The van der Waals surface area contributed by atoms with Crippen molar-refractivity contribution in [3.05, 3.63) is 64.8 Å². The topological polar surface area (TPSA) is 46.9 Å². The maximum absolute atomic E-state index is 12.0. The standard InChI is InChI=1S/C18H18ClN3O/c1-13-4-2-6-15-12-21-22(18(13)15)9-8-17(23)20-11-14-5-3-7-16(19)10-14/h2-7,10,12H,8-9,11H2,1H3,(H,20,23). The minimum absolute atomic E-state index is 0.00205. The van der Waals surface area contributed by atoms with Gasteiger partial charge in [0.1, 0.15) is 0 Å². The van der Waals surface area contributed by atoms with E-state index in [1.54, 1.807) is 0 Å². The molecule has 23 heavy (non-hydrogen) atoms. The van der Waals surface area contributed by atoms with Crippen molar-refractivity contribution in [2.45, 2.75) is 26.4 Å². The van der Waals surface area contributed by atoms with Gasteiger partial charge in [-0.05, 0) is 30.2 Å². The molecule has 4 nitrogen and oxygen atoms in total. The van der Waals surface area contributed by atoms with E-state index in [2.05, 4.69) is 23.4 Å². The number of nitrogens with one attached hydrogen (secondary N) is 1. The highest BCUT2D eigenvalue weighted by molar-refractivity contribution is 6.30. The zero-order valence-corrected chi connectivity index (χ0v) is 13.7.